The van der Waals surface area contributed by atoms with Crippen molar-refractivity contribution < 1.29 is 19.5 Å². The van der Waals surface area contributed by atoms with Gasteiger partial charge in [0.05, 0.1) is 0 Å². The average molecular weight is 336 g/mol. The van der Waals surface area contributed by atoms with E-state index in [1.54, 1.807) is 0 Å². The maximum atomic E-state index is 11.8. The van der Waals surface area contributed by atoms with Crippen LogP contribution in [0.5, 0.6) is 0 Å². The summed E-state index contributed by atoms with van der Waals surface area (Å²) in [6.07, 6.45) is 2.88. The zero-order valence-corrected chi connectivity index (χ0v) is 14.7. The number of hydrogen-bond acceptors (Lipinski definition) is 4. The Bertz CT molecular complexity index is 438. The van der Waals surface area contributed by atoms with E-state index in [0.717, 1.165) is 0 Å². The van der Waals surface area contributed by atoms with Gasteiger partial charge in [0.2, 0.25) is 11.8 Å². The van der Waals surface area contributed by atoms with Gasteiger partial charge in [0.25, 0.3) is 0 Å². The Balaban J connectivity index is 4.30. The van der Waals surface area contributed by atoms with Crippen LogP contribution in [0.3, 0.4) is 0 Å². The summed E-state index contributed by atoms with van der Waals surface area (Å²) in [6.45, 7) is 6.91. The number of carbonyl (C=O) groups excluding carboxylic acids is 2. The fraction of sp³-hybridized carbons (Fsp3) is 0.769. The van der Waals surface area contributed by atoms with Crippen LogP contribution in [0.4, 0.5) is 0 Å². The lowest BCUT2D eigenvalue weighted by Crippen LogP contribution is -2.49. The highest BCUT2D eigenvalue weighted by molar-refractivity contribution is 8.29. The highest BCUT2D eigenvalue weighted by atomic mass is 32.8. The molecule has 0 saturated heterocycles. The highest BCUT2D eigenvalue weighted by Gasteiger charge is 2.23. The highest BCUT2D eigenvalue weighted by Crippen LogP contribution is 2.18. The molecule has 6 nitrogen and oxygen atoms in total. The Morgan fingerprint density at radius 1 is 1.19 bits per heavy atom. The van der Waals surface area contributed by atoms with Gasteiger partial charge in [-0.3, -0.25) is 14.4 Å². The van der Waals surface area contributed by atoms with Gasteiger partial charge in [-0.25, -0.2) is 0 Å². The van der Waals surface area contributed by atoms with Crippen LogP contribution in [0.15, 0.2) is 0 Å². The van der Waals surface area contributed by atoms with E-state index in [9.17, 15) is 14.4 Å². The van der Waals surface area contributed by atoms with E-state index in [-0.39, 0.29) is 26.5 Å². The van der Waals surface area contributed by atoms with Gasteiger partial charge in [-0.15, -0.1) is 9.45 Å². The largest absolute Gasteiger partial charge is 0.480 e. The van der Waals surface area contributed by atoms with Crippen molar-refractivity contribution >= 4 is 38.4 Å². The fourth-order valence-electron chi connectivity index (χ4n) is 1.34. The third-order valence-corrected chi connectivity index (χ3v) is 6.35. The Labute approximate surface area is 132 Å². The molecule has 8 heteroatoms. The molecule has 122 valence electrons. The smallest absolute Gasteiger partial charge is 0.325 e. The molecule has 0 spiro atoms. The fourth-order valence-corrected chi connectivity index (χ4v) is 1.98. The van der Waals surface area contributed by atoms with Crippen LogP contribution in [0, 0.1) is 0 Å². The zero-order valence-electron chi connectivity index (χ0n) is 13.1. The molecular weight excluding hydrogens is 312 g/mol. The molecule has 21 heavy (non-hydrogen) atoms. The van der Waals surface area contributed by atoms with Gasteiger partial charge in [0.15, 0.2) is 0 Å². The number of carboxylic acids is 1. The molecule has 0 aromatic heterocycles. The first-order valence-corrected chi connectivity index (χ1v) is 9.19. The van der Waals surface area contributed by atoms with Crippen LogP contribution < -0.4 is 10.6 Å². The molecule has 0 aliphatic rings. The van der Waals surface area contributed by atoms with Crippen LogP contribution in [0.2, 0.25) is 0 Å². The lowest BCUT2D eigenvalue weighted by Gasteiger charge is -2.24. The molecule has 0 aliphatic heterocycles. The minimum atomic E-state index is -1.12. The minimum Gasteiger partial charge on any atom is -0.480 e. The first kappa shape index (κ1) is 20.0. The summed E-state index contributed by atoms with van der Waals surface area (Å²) in [5, 5.41) is 13.6. The second-order valence-electron chi connectivity index (χ2n) is 5.57. The van der Waals surface area contributed by atoms with Gasteiger partial charge in [-0.2, -0.15) is 0 Å². The summed E-state index contributed by atoms with van der Waals surface area (Å²) in [5.74, 6) is -1.88. The van der Waals surface area contributed by atoms with E-state index >= 15 is 0 Å². The molecule has 0 rings (SSSR count). The van der Waals surface area contributed by atoms with Gasteiger partial charge in [0.1, 0.15) is 12.1 Å². The van der Waals surface area contributed by atoms with E-state index in [1.807, 2.05) is 20.1 Å². The zero-order chi connectivity index (χ0) is 16.8. The number of carboxylic acid groups (broad SMARTS) is 1. The van der Waals surface area contributed by atoms with E-state index in [0.29, 0.717) is 6.42 Å². The van der Waals surface area contributed by atoms with Crippen molar-refractivity contribution in [3.63, 3.8) is 0 Å². The molecule has 1 unspecified atom stereocenters. The van der Waals surface area contributed by atoms with Crippen molar-refractivity contribution in [3.8, 4) is 0 Å². The number of amides is 2. The van der Waals surface area contributed by atoms with Crippen LogP contribution >= 0.6 is 0 Å². The molecule has 0 aromatic carbocycles. The summed E-state index contributed by atoms with van der Waals surface area (Å²) in [4.78, 5) is 34.2. The molecule has 0 aromatic rings. The van der Waals surface area contributed by atoms with E-state index in [2.05, 4.69) is 10.6 Å². The predicted molar refractivity (Wildman–Crippen MR) is 86.8 cm³/mol. The third kappa shape index (κ3) is 7.52. The minimum absolute atomic E-state index is 0.101. The van der Waals surface area contributed by atoms with Crippen molar-refractivity contribution in [3.05, 3.63) is 0 Å². The molecule has 0 heterocycles. The van der Waals surface area contributed by atoms with Crippen molar-refractivity contribution in [1.82, 2.24) is 10.6 Å². The molecule has 0 radical (unpaired) electrons. The van der Waals surface area contributed by atoms with Crippen LogP contribution in [0.1, 0.15) is 40.5 Å². The summed E-state index contributed by atoms with van der Waals surface area (Å²) in [6, 6.07) is -1.76. The van der Waals surface area contributed by atoms with Gasteiger partial charge in [0, 0.05) is 11.2 Å². The maximum absolute atomic E-state index is 11.8. The molecule has 3 atom stereocenters. The van der Waals surface area contributed by atoms with E-state index in [1.165, 1.54) is 13.8 Å². The Hall–Kier alpha value is -1.02. The van der Waals surface area contributed by atoms with Crippen molar-refractivity contribution in [2.24, 2.45) is 0 Å². The molecule has 0 bridgehead atoms. The van der Waals surface area contributed by atoms with Crippen LogP contribution in [-0.4, -0.2) is 46.0 Å². The SMILES string of the molecule is C[C@H](NC(=O)[C@H](C)NC(=O)CCC(C)(C)S(C)=S)C(=O)O. The predicted octanol–water partition coefficient (Wildman–Crippen LogP) is 0.349. The topological polar surface area (TPSA) is 95.5 Å². The molecule has 0 saturated carbocycles. The Morgan fingerprint density at radius 3 is 2.14 bits per heavy atom. The maximum Gasteiger partial charge on any atom is 0.325 e. The number of hydrogen-bond donors (Lipinski definition) is 3. The van der Waals surface area contributed by atoms with Crippen molar-refractivity contribution in [2.45, 2.75) is 57.4 Å². The summed E-state index contributed by atoms with van der Waals surface area (Å²) < 4.78 is -0.101. The lowest BCUT2D eigenvalue weighted by molar-refractivity contribution is -0.141. The van der Waals surface area contributed by atoms with Gasteiger partial charge in [-0.05, 0) is 26.5 Å². The normalized spacial score (nSPS) is 15.7. The van der Waals surface area contributed by atoms with Gasteiger partial charge >= 0.3 is 5.97 Å². The second kappa shape index (κ2) is 8.43. The second-order valence-corrected chi connectivity index (χ2v) is 9.08. The van der Waals surface area contributed by atoms with E-state index < -0.39 is 24.0 Å². The quantitative estimate of drug-likeness (QED) is 0.594. The van der Waals surface area contributed by atoms with Crippen molar-refractivity contribution in [2.75, 3.05) is 6.26 Å². The van der Waals surface area contributed by atoms with E-state index in [4.69, 9.17) is 16.3 Å². The number of aliphatic carboxylic acids is 1. The van der Waals surface area contributed by atoms with Crippen LogP contribution in [-0.2, 0) is 35.0 Å². The summed E-state index contributed by atoms with van der Waals surface area (Å²) >= 11 is 5.24. The Kier molecular flexibility index (Phi) is 8.02. The standard InChI is InChI=1S/C13H24N2O4S2/c1-8(11(17)15-9(2)12(18)19)14-10(16)6-7-13(3,4)21(5)20/h8-9H,6-7H2,1-5H3,(H,14,16)(H,15,17)(H,18,19)/t8-,9-,21?/m0/s1. The van der Waals surface area contributed by atoms with Gasteiger partial charge in [-0.1, -0.05) is 25.0 Å². The monoisotopic (exact) mass is 336 g/mol. The van der Waals surface area contributed by atoms with Gasteiger partial charge < -0.3 is 15.7 Å². The first-order valence-electron chi connectivity index (χ1n) is 6.63. The lowest BCUT2D eigenvalue weighted by atomic mass is 10.1. The van der Waals surface area contributed by atoms with Crippen LogP contribution in [0.25, 0.3) is 0 Å². The van der Waals surface area contributed by atoms with Crippen molar-refractivity contribution in [1.29, 1.82) is 0 Å². The molecule has 0 aliphatic carbocycles. The molecule has 3 N–H and O–H groups in total. The first-order chi connectivity index (χ1) is 9.47. The summed E-state index contributed by atoms with van der Waals surface area (Å²) in [7, 11) is -0.218. The average Bonchev–Trinajstić information content (AvgIpc) is 2.35. The molecule has 0 fully saturated rings. The number of nitrogens with one attached hydrogen (secondary N) is 2. The number of rotatable bonds is 8. The molecule has 2 amide bonds. The number of carbonyl (C=O) groups is 3. The summed E-state index contributed by atoms with van der Waals surface area (Å²) in [5.41, 5.74) is 0. The Morgan fingerprint density at radius 2 is 1.71 bits per heavy atom. The molecular formula is C13H24N2O4S2. The third-order valence-electron chi connectivity index (χ3n) is 3.23.